The topological polar surface area (TPSA) is 30.5 Å². The molecule has 0 fully saturated rings. The van der Waals surface area contributed by atoms with E-state index in [1.54, 1.807) is 19.2 Å². The number of ether oxygens (including phenoxy) is 2. The second-order valence-corrected chi connectivity index (χ2v) is 5.24. The van der Waals surface area contributed by atoms with Gasteiger partial charge in [0.05, 0.1) is 30.5 Å². The Labute approximate surface area is 127 Å². The molecule has 2 aromatic rings. The van der Waals surface area contributed by atoms with Crippen LogP contribution in [0, 0.1) is 5.82 Å². The summed E-state index contributed by atoms with van der Waals surface area (Å²) in [6, 6.07) is 10.2. The molecule has 0 amide bonds. The molecule has 0 saturated heterocycles. The van der Waals surface area contributed by atoms with E-state index < -0.39 is 0 Å². The first-order chi connectivity index (χ1) is 10.2. The van der Waals surface area contributed by atoms with E-state index in [1.165, 1.54) is 6.07 Å². The fourth-order valence-electron chi connectivity index (χ4n) is 2.46. The first-order valence-corrected chi connectivity index (χ1v) is 7.08. The smallest absolute Gasteiger partial charge is 0.147 e. The zero-order chi connectivity index (χ0) is 14.8. The van der Waals surface area contributed by atoms with Crippen molar-refractivity contribution in [2.24, 2.45) is 0 Å². The Bertz CT molecular complexity index is 642. The molecular weight excluding hydrogens is 293 g/mol. The van der Waals surface area contributed by atoms with E-state index in [9.17, 15) is 4.39 Å². The molecule has 1 atom stereocenters. The average Bonchev–Trinajstić information content (AvgIpc) is 2.50. The van der Waals surface area contributed by atoms with Gasteiger partial charge in [-0.2, -0.15) is 0 Å². The predicted octanol–water partition coefficient (Wildman–Crippen LogP) is 4.42. The predicted molar refractivity (Wildman–Crippen MR) is 80.9 cm³/mol. The molecule has 1 N–H and O–H groups in total. The van der Waals surface area contributed by atoms with Gasteiger partial charge in [0.2, 0.25) is 0 Å². The van der Waals surface area contributed by atoms with Gasteiger partial charge < -0.3 is 14.8 Å². The van der Waals surface area contributed by atoms with Crippen LogP contribution in [0.5, 0.6) is 11.5 Å². The zero-order valence-corrected chi connectivity index (χ0v) is 12.3. The summed E-state index contributed by atoms with van der Waals surface area (Å²) in [5, 5.41) is 3.55. The highest BCUT2D eigenvalue weighted by Gasteiger charge is 2.23. The Morgan fingerprint density at radius 3 is 2.95 bits per heavy atom. The van der Waals surface area contributed by atoms with Crippen LogP contribution in [0.1, 0.15) is 18.0 Å². The number of nitrogens with one attached hydrogen (secondary N) is 1. The third kappa shape index (κ3) is 2.76. The molecule has 1 heterocycles. The van der Waals surface area contributed by atoms with Gasteiger partial charge in [-0.15, -0.1) is 0 Å². The first kappa shape index (κ1) is 14.0. The Hall–Kier alpha value is -1.94. The van der Waals surface area contributed by atoms with Crippen LogP contribution < -0.4 is 14.8 Å². The van der Waals surface area contributed by atoms with Crippen molar-refractivity contribution in [3.05, 3.63) is 52.8 Å². The van der Waals surface area contributed by atoms with Gasteiger partial charge in [0, 0.05) is 12.0 Å². The maximum Gasteiger partial charge on any atom is 0.147 e. The fraction of sp³-hybridized carbons (Fsp3) is 0.250. The van der Waals surface area contributed by atoms with Crippen LogP contribution in [0.3, 0.4) is 0 Å². The van der Waals surface area contributed by atoms with Crippen LogP contribution >= 0.6 is 11.6 Å². The highest BCUT2D eigenvalue weighted by molar-refractivity contribution is 6.33. The van der Waals surface area contributed by atoms with Crippen molar-refractivity contribution in [3.63, 3.8) is 0 Å². The molecular formula is C16H15ClFNO2. The summed E-state index contributed by atoms with van der Waals surface area (Å²) in [7, 11) is 1.61. The summed E-state index contributed by atoms with van der Waals surface area (Å²) in [5.41, 5.74) is 1.26. The van der Waals surface area contributed by atoms with E-state index in [2.05, 4.69) is 5.32 Å². The number of para-hydroxylation sites is 1. The molecule has 3 nitrogen and oxygen atoms in total. The molecule has 1 aliphatic heterocycles. The molecule has 0 saturated carbocycles. The second-order valence-electron chi connectivity index (χ2n) is 4.83. The molecule has 0 radical (unpaired) electrons. The van der Waals surface area contributed by atoms with Gasteiger partial charge in [0.15, 0.2) is 0 Å². The van der Waals surface area contributed by atoms with Crippen molar-refractivity contribution in [3.8, 4) is 11.5 Å². The van der Waals surface area contributed by atoms with Crippen molar-refractivity contribution < 1.29 is 13.9 Å². The van der Waals surface area contributed by atoms with E-state index in [0.29, 0.717) is 17.3 Å². The number of halogens is 2. The van der Waals surface area contributed by atoms with Crippen molar-refractivity contribution in [1.29, 1.82) is 0 Å². The first-order valence-electron chi connectivity index (χ1n) is 6.70. The van der Waals surface area contributed by atoms with Gasteiger partial charge in [0.1, 0.15) is 17.3 Å². The number of rotatable bonds is 3. The van der Waals surface area contributed by atoms with Crippen LogP contribution in [0.15, 0.2) is 36.4 Å². The largest absolute Gasteiger partial charge is 0.497 e. The fourth-order valence-corrected chi connectivity index (χ4v) is 2.68. The third-order valence-electron chi connectivity index (χ3n) is 3.54. The van der Waals surface area contributed by atoms with E-state index in [4.69, 9.17) is 21.1 Å². The standard InChI is InChI=1S/C16H15ClFNO2/c1-20-10-5-6-15-11(9-10)14(7-8-21-15)19-16-12(17)3-2-4-13(16)18/h2-6,9,14,19H,7-8H2,1H3. The van der Waals surface area contributed by atoms with Gasteiger partial charge in [-0.05, 0) is 30.3 Å². The monoisotopic (exact) mass is 307 g/mol. The molecule has 0 aliphatic carbocycles. The van der Waals surface area contributed by atoms with E-state index >= 15 is 0 Å². The van der Waals surface area contributed by atoms with E-state index in [0.717, 1.165) is 23.5 Å². The molecule has 110 valence electrons. The molecule has 3 rings (SSSR count). The van der Waals surface area contributed by atoms with Crippen molar-refractivity contribution >= 4 is 17.3 Å². The van der Waals surface area contributed by atoms with Crippen molar-refractivity contribution in [1.82, 2.24) is 0 Å². The number of methoxy groups -OCH3 is 1. The molecule has 1 aliphatic rings. The number of benzene rings is 2. The zero-order valence-electron chi connectivity index (χ0n) is 11.5. The maximum atomic E-state index is 13.9. The van der Waals surface area contributed by atoms with E-state index in [-0.39, 0.29) is 11.9 Å². The molecule has 2 aromatic carbocycles. The minimum absolute atomic E-state index is 0.0711. The minimum atomic E-state index is -0.363. The Kier molecular flexibility index (Phi) is 3.88. The van der Waals surface area contributed by atoms with E-state index in [1.807, 2.05) is 18.2 Å². The van der Waals surface area contributed by atoms with Gasteiger partial charge in [-0.3, -0.25) is 0 Å². The number of hydrogen-bond donors (Lipinski definition) is 1. The lowest BCUT2D eigenvalue weighted by molar-refractivity contribution is 0.273. The van der Waals surface area contributed by atoms with Crippen LogP contribution in [0.2, 0.25) is 5.02 Å². The second kappa shape index (κ2) is 5.82. The van der Waals surface area contributed by atoms with Gasteiger partial charge in [0.25, 0.3) is 0 Å². The molecule has 21 heavy (non-hydrogen) atoms. The van der Waals surface area contributed by atoms with Crippen LogP contribution in [-0.2, 0) is 0 Å². The molecule has 5 heteroatoms. The lowest BCUT2D eigenvalue weighted by Gasteiger charge is -2.28. The molecule has 0 aromatic heterocycles. The summed E-state index contributed by atoms with van der Waals surface area (Å²) in [5.74, 6) is 1.16. The quantitative estimate of drug-likeness (QED) is 0.910. The molecule has 0 spiro atoms. The van der Waals surface area contributed by atoms with Crippen LogP contribution in [0.25, 0.3) is 0 Å². The van der Waals surface area contributed by atoms with Gasteiger partial charge >= 0.3 is 0 Å². The Balaban J connectivity index is 1.95. The SMILES string of the molecule is COc1ccc2c(c1)C(Nc1c(F)cccc1Cl)CCO2. The summed E-state index contributed by atoms with van der Waals surface area (Å²) >= 11 is 6.08. The summed E-state index contributed by atoms with van der Waals surface area (Å²) in [4.78, 5) is 0. The van der Waals surface area contributed by atoms with Crippen LogP contribution in [-0.4, -0.2) is 13.7 Å². The number of hydrogen-bond acceptors (Lipinski definition) is 3. The Morgan fingerprint density at radius 2 is 2.19 bits per heavy atom. The highest BCUT2D eigenvalue weighted by atomic mass is 35.5. The lowest BCUT2D eigenvalue weighted by atomic mass is 9.99. The summed E-state index contributed by atoms with van der Waals surface area (Å²) < 4.78 is 24.8. The summed E-state index contributed by atoms with van der Waals surface area (Å²) in [6.07, 6.45) is 0.727. The third-order valence-corrected chi connectivity index (χ3v) is 3.85. The van der Waals surface area contributed by atoms with Gasteiger partial charge in [-0.25, -0.2) is 4.39 Å². The van der Waals surface area contributed by atoms with Crippen molar-refractivity contribution in [2.75, 3.05) is 19.0 Å². The Morgan fingerprint density at radius 1 is 1.33 bits per heavy atom. The summed E-state index contributed by atoms with van der Waals surface area (Å²) in [6.45, 7) is 0.572. The maximum absolute atomic E-state index is 13.9. The number of anilines is 1. The molecule has 0 bridgehead atoms. The number of fused-ring (bicyclic) bond motifs is 1. The van der Waals surface area contributed by atoms with Gasteiger partial charge in [-0.1, -0.05) is 17.7 Å². The highest BCUT2D eigenvalue weighted by Crippen LogP contribution is 2.38. The average molecular weight is 308 g/mol. The minimum Gasteiger partial charge on any atom is -0.497 e. The van der Waals surface area contributed by atoms with Crippen molar-refractivity contribution in [2.45, 2.75) is 12.5 Å². The lowest BCUT2D eigenvalue weighted by Crippen LogP contribution is -2.21. The van der Waals surface area contributed by atoms with Crippen LogP contribution in [0.4, 0.5) is 10.1 Å². The molecule has 1 unspecified atom stereocenters. The normalized spacial score (nSPS) is 16.8.